The van der Waals surface area contributed by atoms with Crippen LogP contribution >= 0.6 is 11.8 Å². The van der Waals surface area contributed by atoms with Gasteiger partial charge in [0.25, 0.3) is 5.24 Å². The zero-order valence-corrected chi connectivity index (χ0v) is 4.58. The Hall–Kier alpha value is -0.690. The van der Waals surface area contributed by atoms with Crippen LogP contribution in [-0.2, 0) is 0 Å². The van der Waals surface area contributed by atoms with Crippen molar-refractivity contribution in [2.75, 3.05) is 7.05 Å². The summed E-state index contributed by atoms with van der Waals surface area (Å²) in [7, 11) is 1.48. The summed E-state index contributed by atoms with van der Waals surface area (Å²) in [5, 5.41) is 11.4. The Labute approximate surface area is 45.7 Å². The Balaban J connectivity index is 3.23. The van der Waals surface area contributed by atoms with E-state index in [0.717, 1.165) is 0 Å². The number of carbonyl (C=O) groups excluding carboxylic acids is 1. The van der Waals surface area contributed by atoms with E-state index in [1.54, 1.807) is 5.40 Å². The van der Waals surface area contributed by atoms with Crippen molar-refractivity contribution in [3.63, 3.8) is 0 Å². The van der Waals surface area contributed by atoms with Crippen LogP contribution in [0.25, 0.3) is 0 Å². The van der Waals surface area contributed by atoms with Crippen molar-refractivity contribution >= 4 is 17.0 Å². The molecule has 0 bridgehead atoms. The number of hydrogen-bond acceptors (Lipinski definition) is 3. The van der Waals surface area contributed by atoms with Gasteiger partial charge in [-0.3, -0.25) is 4.79 Å². The Morgan fingerprint density at radius 1 is 2.00 bits per heavy atom. The summed E-state index contributed by atoms with van der Waals surface area (Å²) < 4.78 is 0. The molecular formula is C3H4N2OS. The van der Waals surface area contributed by atoms with E-state index >= 15 is 0 Å². The third-order valence-electron chi connectivity index (χ3n) is 0.342. The second-order valence-electron chi connectivity index (χ2n) is 0.731. The molecule has 0 aromatic heterocycles. The molecule has 0 spiro atoms. The number of nitrogens with zero attached hydrogens (tertiary/aromatic N) is 1. The number of thiocyanates is 1. The van der Waals surface area contributed by atoms with Gasteiger partial charge in [-0.15, -0.1) is 0 Å². The highest BCUT2D eigenvalue weighted by Crippen LogP contribution is 1.93. The fraction of sp³-hybridized carbons (Fsp3) is 0.333. The Morgan fingerprint density at radius 2 is 2.57 bits per heavy atom. The second kappa shape index (κ2) is 3.50. The first-order valence-corrected chi connectivity index (χ1v) is 2.40. The highest BCUT2D eigenvalue weighted by Gasteiger charge is 1.91. The molecule has 3 nitrogen and oxygen atoms in total. The molecule has 1 N–H and O–H groups in total. The summed E-state index contributed by atoms with van der Waals surface area (Å²) in [5.41, 5.74) is 0. The third-order valence-corrected chi connectivity index (χ3v) is 0.823. The van der Waals surface area contributed by atoms with Crippen LogP contribution < -0.4 is 5.32 Å². The maximum atomic E-state index is 10.0. The van der Waals surface area contributed by atoms with Gasteiger partial charge in [-0.05, 0) is 0 Å². The highest BCUT2D eigenvalue weighted by atomic mass is 32.2. The second-order valence-corrected chi connectivity index (χ2v) is 1.49. The van der Waals surface area contributed by atoms with Crippen LogP contribution in [0.15, 0.2) is 0 Å². The summed E-state index contributed by atoms with van der Waals surface area (Å²) in [6, 6.07) is 0. The van der Waals surface area contributed by atoms with E-state index in [4.69, 9.17) is 5.26 Å². The number of thioether (sulfide) groups is 1. The predicted octanol–water partition coefficient (Wildman–Crippen LogP) is 0.540. The van der Waals surface area contributed by atoms with Crippen molar-refractivity contribution < 1.29 is 4.79 Å². The van der Waals surface area contributed by atoms with Crippen LogP contribution in [0.3, 0.4) is 0 Å². The van der Waals surface area contributed by atoms with E-state index in [1.807, 2.05) is 0 Å². The van der Waals surface area contributed by atoms with Gasteiger partial charge in [-0.25, -0.2) is 0 Å². The predicted molar refractivity (Wildman–Crippen MR) is 27.7 cm³/mol. The number of amides is 1. The topological polar surface area (TPSA) is 52.9 Å². The lowest BCUT2D eigenvalue weighted by atomic mass is 11.2. The van der Waals surface area contributed by atoms with Crippen LogP contribution in [0.1, 0.15) is 0 Å². The fourth-order valence-corrected chi connectivity index (χ4v) is 0.277. The van der Waals surface area contributed by atoms with Gasteiger partial charge in [0.15, 0.2) is 0 Å². The van der Waals surface area contributed by atoms with Gasteiger partial charge >= 0.3 is 0 Å². The Morgan fingerprint density at radius 3 is 2.71 bits per heavy atom. The maximum absolute atomic E-state index is 10.0. The number of rotatable bonds is 0. The van der Waals surface area contributed by atoms with Crippen molar-refractivity contribution in [1.82, 2.24) is 5.32 Å². The number of nitriles is 1. The van der Waals surface area contributed by atoms with E-state index in [1.165, 1.54) is 7.05 Å². The smallest absolute Gasteiger partial charge is 0.293 e. The number of carbonyl (C=O) groups is 1. The van der Waals surface area contributed by atoms with Gasteiger partial charge in [0.2, 0.25) is 0 Å². The van der Waals surface area contributed by atoms with Crippen molar-refractivity contribution in [3.8, 4) is 5.40 Å². The van der Waals surface area contributed by atoms with Crippen molar-refractivity contribution in [2.24, 2.45) is 0 Å². The zero-order chi connectivity index (χ0) is 5.70. The van der Waals surface area contributed by atoms with Crippen LogP contribution in [0.5, 0.6) is 0 Å². The summed E-state index contributed by atoms with van der Waals surface area (Å²) >= 11 is 0.587. The first-order chi connectivity index (χ1) is 3.31. The first-order valence-electron chi connectivity index (χ1n) is 1.59. The number of nitrogens with one attached hydrogen (secondary N) is 1. The lowest BCUT2D eigenvalue weighted by Gasteiger charge is -1.84. The highest BCUT2D eigenvalue weighted by molar-refractivity contribution is 8.17. The molecule has 0 aromatic rings. The molecule has 0 heterocycles. The summed E-state index contributed by atoms with van der Waals surface area (Å²) in [6.07, 6.45) is 0. The SMILES string of the molecule is CNC(=O)SC#N. The van der Waals surface area contributed by atoms with Crippen LogP contribution in [0, 0.1) is 10.7 Å². The van der Waals surface area contributed by atoms with E-state index in [2.05, 4.69) is 5.32 Å². The monoisotopic (exact) mass is 116 g/mol. The van der Waals surface area contributed by atoms with Crippen LogP contribution in [0.4, 0.5) is 4.79 Å². The molecule has 7 heavy (non-hydrogen) atoms. The van der Waals surface area contributed by atoms with Gasteiger partial charge in [-0.1, -0.05) is 0 Å². The molecule has 0 rings (SSSR count). The van der Waals surface area contributed by atoms with Gasteiger partial charge < -0.3 is 5.32 Å². The molecule has 1 amide bonds. The summed E-state index contributed by atoms with van der Waals surface area (Å²) in [5.74, 6) is 0. The van der Waals surface area contributed by atoms with Crippen molar-refractivity contribution in [2.45, 2.75) is 0 Å². The molecule has 0 radical (unpaired) electrons. The molecular weight excluding hydrogens is 112 g/mol. The van der Waals surface area contributed by atoms with E-state index in [-0.39, 0.29) is 5.24 Å². The van der Waals surface area contributed by atoms with E-state index in [9.17, 15) is 4.79 Å². The van der Waals surface area contributed by atoms with Gasteiger partial charge in [0, 0.05) is 7.05 Å². The quantitative estimate of drug-likeness (QED) is 0.470. The lowest BCUT2D eigenvalue weighted by Crippen LogP contribution is -2.09. The normalized spacial score (nSPS) is 6.86. The van der Waals surface area contributed by atoms with Crippen molar-refractivity contribution in [1.29, 1.82) is 5.26 Å². The Kier molecular flexibility index (Phi) is 3.15. The standard InChI is InChI=1S/C3H4N2OS/c1-5-3(6)7-2-4/h1H3,(H,5,6). The largest absolute Gasteiger partial charge is 0.349 e. The molecule has 0 aromatic carbocycles. The van der Waals surface area contributed by atoms with Crippen LogP contribution in [0.2, 0.25) is 0 Å². The minimum absolute atomic E-state index is 0.317. The molecule has 0 atom stereocenters. The molecule has 0 fully saturated rings. The van der Waals surface area contributed by atoms with Crippen LogP contribution in [-0.4, -0.2) is 12.3 Å². The average molecular weight is 116 g/mol. The molecule has 0 aliphatic carbocycles. The number of hydrogen-bond donors (Lipinski definition) is 1. The first kappa shape index (κ1) is 6.31. The minimum Gasteiger partial charge on any atom is -0.349 e. The summed E-state index contributed by atoms with van der Waals surface area (Å²) in [4.78, 5) is 10.0. The molecule has 0 saturated carbocycles. The molecule has 0 unspecified atom stereocenters. The average Bonchev–Trinajstić information content (AvgIpc) is 1.68. The minimum atomic E-state index is -0.317. The van der Waals surface area contributed by atoms with E-state index < -0.39 is 0 Å². The molecule has 4 heteroatoms. The summed E-state index contributed by atoms with van der Waals surface area (Å²) in [6.45, 7) is 0. The third kappa shape index (κ3) is 3.13. The molecule has 0 aliphatic rings. The van der Waals surface area contributed by atoms with Crippen molar-refractivity contribution in [3.05, 3.63) is 0 Å². The molecule has 0 saturated heterocycles. The van der Waals surface area contributed by atoms with Gasteiger partial charge in [0.1, 0.15) is 5.40 Å². The molecule has 0 aliphatic heterocycles. The van der Waals surface area contributed by atoms with E-state index in [0.29, 0.717) is 11.8 Å². The zero-order valence-electron chi connectivity index (χ0n) is 3.76. The van der Waals surface area contributed by atoms with Gasteiger partial charge in [-0.2, -0.15) is 5.26 Å². The maximum Gasteiger partial charge on any atom is 0.293 e. The lowest BCUT2D eigenvalue weighted by molar-refractivity contribution is 0.262. The van der Waals surface area contributed by atoms with Gasteiger partial charge in [0.05, 0.1) is 11.8 Å². The fourth-order valence-electron chi connectivity index (χ4n) is 0.0925. The molecule has 38 valence electrons. The Bertz CT molecular complexity index is 106.